The Morgan fingerprint density at radius 3 is 1.30 bits per heavy atom. The maximum Gasteiger partial charge on any atom is -0.153 e. The minimum absolute atomic E-state index is 0. The van der Waals surface area contributed by atoms with Crippen LogP contribution in [0.2, 0.25) is 3.93 Å². The van der Waals surface area contributed by atoms with Crippen molar-refractivity contribution in [1.29, 1.82) is 0 Å². The molecule has 0 bridgehead atoms. The van der Waals surface area contributed by atoms with Crippen molar-refractivity contribution in [3.05, 3.63) is 0 Å². The zero-order chi connectivity index (χ0) is 7.91. The summed E-state index contributed by atoms with van der Waals surface area (Å²) in [6.07, 6.45) is 0. The molecule has 0 saturated carbocycles. The van der Waals surface area contributed by atoms with Crippen molar-refractivity contribution in [1.82, 2.24) is 0 Å². The second-order valence-corrected chi connectivity index (χ2v) is 12.4. The Hall–Kier alpha value is 1.66. The molecular weight excluding hydrogens is 351 g/mol. The second-order valence-electron chi connectivity index (χ2n) is 3.69. The van der Waals surface area contributed by atoms with Gasteiger partial charge in [0.15, 0.2) is 0 Å². The molecule has 0 aliphatic carbocycles. The molecule has 62 valence electrons. The van der Waals surface area contributed by atoms with Gasteiger partial charge >= 0.3 is 42.4 Å². The van der Waals surface area contributed by atoms with Crippen LogP contribution in [0, 0.1) is 5.41 Å². The van der Waals surface area contributed by atoms with Gasteiger partial charge in [-0.15, -0.1) is 0 Å². The summed E-state index contributed by atoms with van der Waals surface area (Å²) in [6.45, 7) is 10.9. The Labute approximate surface area is 85.0 Å². The first kappa shape index (κ1) is 17.7. The fourth-order valence-electron chi connectivity index (χ4n) is 0. The third kappa shape index (κ3) is 103. The van der Waals surface area contributed by atoms with E-state index >= 15 is 0 Å². The summed E-state index contributed by atoms with van der Waals surface area (Å²) in [5.74, 6) is 0. The second kappa shape index (κ2) is 10.7. The summed E-state index contributed by atoms with van der Waals surface area (Å²) in [5, 5.41) is 0. The van der Waals surface area contributed by atoms with E-state index < -0.39 is 23.3 Å². The van der Waals surface area contributed by atoms with Crippen LogP contribution in [0.1, 0.15) is 34.6 Å². The van der Waals surface area contributed by atoms with Crippen LogP contribution in [0.15, 0.2) is 0 Å². The molecule has 0 amide bonds. The van der Waals surface area contributed by atoms with Gasteiger partial charge in [-0.05, 0) is 5.41 Å². The van der Waals surface area contributed by atoms with Crippen LogP contribution in [0.5, 0.6) is 0 Å². The standard InChI is InChI=1S/C5H12.C2H5.ClH.Hg.H3P/c1-5(2,3)4;1-2;;;/h1-4H3;1H2,2H3;1H;;1H3/q;;;+1;/p-1. The summed E-state index contributed by atoms with van der Waals surface area (Å²) in [7, 11) is 5.41. The molecule has 0 aromatic rings. The molecule has 0 aliphatic heterocycles. The molecule has 0 aromatic carbocycles. The van der Waals surface area contributed by atoms with Crippen LogP contribution in [0.25, 0.3) is 0 Å². The molecule has 1 unspecified atom stereocenters. The van der Waals surface area contributed by atoms with Crippen molar-refractivity contribution in [3.63, 3.8) is 0 Å². The van der Waals surface area contributed by atoms with Crippen molar-refractivity contribution < 1.29 is 23.3 Å². The summed E-state index contributed by atoms with van der Waals surface area (Å²) in [4.78, 5) is 0. The summed E-state index contributed by atoms with van der Waals surface area (Å²) >= 11 is -0.640. The van der Waals surface area contributed by atoms with Crippen molar-refractivity contribution in [2.45, 2.75) is 38.5 Å². The third-order valence-electron chi connectivity index (χ3n) is 0.189. The van der Waals surface area contributed by atoms with Gasteiger partial charge in [0.2, 0.25) is 0 Å². The van der Waals surface area contributed by atoms with Crippen LogP contribution >= 0.6 is 18.1 Å². The molecule has 0 N–H and O–H groups in total. The van der Waals surface area contributed by atoms with Gasteiger partial charge in [0.25, 0.3) is 0 Å². The summed E-state index contributed by atoms with van der Waals surface area (Å²) < 4.78 is 1.31. The Bertz CT molecular complexity index is 44.1. The van der Waals surface area contributed by atoms with Crippen LogP contribution in [-0.2, 0) is 23.3 Å². The van der Waals surface area contributed by atoms with Gasteiger partial charge in [-0.1, -0.05) is 27.7 Å². The molecule has 1 atom stereocenters. The minimum atomic E-state index is -0.640. The van der Waals surface area contributed by atoms with E-state index in [0.29, 0.717) is 5.41 Å². The molecule has 0 heterocycles. The molecular formula is C7H20ClHgP. The summed E-state index contributed by atoms with van der Waals surface area (Å²) in [6, 6.07) is 0. The Morgan fingerprint density at radius 1 is 1.20 bits per heavy atom. The van der Waals surface area contributed by atoms with Gasteiger partial charge in [0.1, 0.15) is 0 Å². The Balaban J connectivity index is -0.0000000910. The van der Waals surface area contributed by atoms with Crippen molar-refractivity contribution in [2.24, 2.45) is 5.41 Å². The largest absolute Gasteiger partial charge is 0.153 e. The zero-order valence-corrected chi connectivity index (χ0v) is 15.7. The SMILES string of the molecule is CC(C)(C)C.C[CH2][Hg][Cl].P. The summed E-state index contributed by atoms with van der Waals surface area (Å²) in [5.41, 5.74) is 0.500. The van der Waals surface area contributed by atoms with Gasteiger partial charge in [-0.3, -0.25) is 0 Å². The van der Waals surface area contributed by atoms with Crippen LogP contribution in [-0.4, -0.2) is 0 Å². The first-order valence-electron chi connectivity index (χ1n) is 3.47. The monoisotopic (exact) mass is 372 g/mol. The molecule has 0 spiro atoms. The van der Waals surface area contributed by atoms with E-state index in [2.05, 4.69) is 34.6 Å². The van der Waals surface area contributed by atoms with E-state index in [4.69, 9.17) is 8.25 Å². The minimum Gasteiger partial charge on any atom is -0.153 e. The molecule has 0 aromatic heterocycles. The smallest absolute Gasteiger partial charge is 0.153 e. The average Bonchev–Trinajstić information content (AvgIpc) is 1.61. The van der Waals surface area contributed by atoms with Gasteiger partial charge in [0.05, 0.1) is 0 Å². The molecule has 0 nitrogen and oxygen atoms in total. The fourth-order valence-corrected chi connectivity index (χ4v) is 0. The van der Waals surface area contributed by atoms with Gasteiger partial charge in [-0.25, -0.2) is 0 Å². The van der Waals surface area contributed by atoms with Gasteiger partial charge < -0.3 is 0 Å². The number of hydrogen-bond donors (Lipinski definition) is 0. The molecule has 0 saturated heterocycles. The predicted octanol–water partition coefficient (Wildman–Crippen LogP) is 3.77. The average molecular weight is 371 g/mol. The number of halogens is 1. The van der Waals surface area contributed by atoms with E-state index in [1.807, 2.05) is 0 Å². The van der Waals surface area contributed by atoms with Gasteiger partial charge in [-0.2, -0.15) is 9.90 Å². The first-order valence-corrected chi connectivity index (χ1v) is 14.1. The van der Waals surface area contributed by atoms with Crippen LogP contribution in [0.4, 0.5) is 0 Å². The van der Waals surface area contributed by atoms with E-state index in [-0.39, 0.29) is 9.90 Å². The zero-order valence-electron chi connectivity index (χ0n) is 8.00. The Kier molecular flexibility index (Phi) is 18.8. The van der Waals surface area contributed by atoms with Gasteiger partial charge in [0, 0.05) is 0 Å². The number of rotatable bonds is 1. The maximum atomic E-state index is 5.41. The van der Waals surface area contributed by atoms with Crippen LogP contribution < -0.4 is 0 Å². The first-order chi connectivity index (χ1) is 3.91. The van der Waals surface area contributed by atoms with Crippen molar-refractivity contribution >= 4 is 18.1 Å². The molecule has 0 radical (unpaired) electrons. The maximum absolute atomic E-state index is 5.41. The molecule has 0 rings (SSSR count). The van der Waals surface area contributed by atoms with Crippen molar-refractivity contribution in [2.75, 3.05) is 0 Å². The van der Waals surface area contributed by atoms with Crippen LogP contribution in [0.3, 0.4) is 0 Å². The van der Waals surface area contributed by atoms with E-state index in [9.17, 15) is 0 Å². The Morgan fingerprint density at radius 2 is 1.30 bits per heavy atom. The van der Waals surface area contributed by atoms with E-state index in [1.54, 1.807) is 0 Å². The quantitative estimate of drug-likeness (QED) is 0.486. The topological polar surface area (TPSA) is 0 Å². The molecule has 0 fully saturated rings. The molecule has 3 heteroatoms. The van der Waals surface area contributed by atoms with Crippen molar-refractivity contribution in [3.8, 4) is 0 Å². The third-order valence-corrected chi connectivity index (χ3v) is 4.97. The predicted molar refractivity (Wildman–Crippen MR) is 52.6 cm³/mol. The normalized spacial score (nSPS) is 8.20. The van der Waals surface area contributed by atoms with E-state index in [1.165, 1.54) is 3.93 Å². The number of hydrogen-bond acceptors (Lipinski definition) is 0. The van der Waals surface area contributed by atoms with E-state index in [0.717, 1.165) is 0 Å². The fraction of sp³-hybridized carbons (Fsp3) is 1.00. The molecule has 0 aliphatic rings. The molecule has 10 heavy (non-hydrogen) atoms.